The van der Waals surface area contributed by atoms with Crippen LogP contribution in [0.15, 0.2) is 24.9 Å². The van der Waals surface area contributed by atoms with Crippen LogP contribution in [-0.2, 0) is 0 Å². The second kappa shape index (κ2) is 3.28. The van der Waals surface area contributed by atoms with E-state index in [0.717, 1.165) is 0 Å². The van der Waals surface area contributed by atoms with Gasteiger partial charge in [-0.15, -0.1) is 0 Å². The van der Waals surface area contributed by atoms with Gasteiger partial charge in [0.05, 0.1) is 0 Å². The zero-order valence-corrected chi connectivity index (χ0v) is 2.94. The Balaban J connectivity index is 2.92. The van der Waals surface area contributed by atoms with E-state index in [1.807, 2.05) is 0 Å². The Bertz CT molecular complexity index is 45.6. The average Bonchev–Trinajstić information content (AvgIpc) is 1.41. The van der Waals surface area contributed by atoms with Gasteiger partial charge in [0.25, 0.3) is 0 Å². The third-order valence-electron chi connectivity index (χ3n) is 0.232. The fourth-order valence-electron chi connectivity index (χ4n) is 0.0680. The maximum Gasteiger partial charge on any atom is 0.0177 e. The van der Waals surface area contributed by atoms with Gasteiger partial charge in [0.1, 0.15) is 0 Å². The van der Waals surface area contributed by atoms with Gasteiger partial charge in [-0.3, -0.25) is 0 Å². The summed E-state index contributed by atoms with van der Waals surface area (Å²) in [5, 5.41) is 0. The maximum absolute atomic E-state index is 6.35. The fourth-order valence-corrected chi connectivity index (χ4v) is 0.0680. The van der Waals surface area contributed by atoms with E-state index >= 15 is 0 Å². The van der Waals surface area contributed by atoms with Crippen molar-refractivity contribution in [2.24, 2.45) is 0 Å². The van der Waals surface area contributed by atoms with Crippen molar-refractivity contribution < 1.29 is 0 Å². The van der Waals surface area contributed by atoms with Crippen LogP contribution in [0.4, 0.5) is 0 Å². The van der Waals surface area contributed by atoms with Crippen molar-refractivity contribution in [2.45, 2.75) is 0 Å². The molecular weight excluding hydrogens is 62.1 g/mol. The van der Waals surface area contributed by atoms with E-state index < -0.39 is 0 Å². The zero-order chi connectivity index (χ0) is 4.12. The van der Waals surface area contributed by atoms with Crippen molar-refractivity contribution in [3.05, 3.63) is 24.9 Å². The lowest BCUT2D eigenvalue weighted by molar-refractivity contribution is 1.52. The number of rotatable bonds is 1. The molecule has 0 unspecified atom stereocenters. The molecule has 0 fully saturated rings. The number of hydrogen-bond acceptors (Lipinski definition) is 0. The molecule has 0 spiro atoms. The predicted octanol–water partition coefficient (Wildman–Crippen LogP) is 0.969. The Morgan fingerprint density at radius 1 is 1.60 bits per heavy atom. The lowest BCUT2D eigenvalue weighted by atomic mass is 10.6. The molecule has 0 saturated carbocycles. The first kappa shape index (κ1) is 4.28. The van der Waals surface area contributed by atoms with Crippen LogP contribution in [0, 0.1) is 0 Å². The predicted molar refractivity (Wildman–Crippen MR) is 22.4 cm³/mol. The minimum Gasteiger partial charge on any atom is -0.309 e. The smallest absolute Gasteiger partial charge is 0.0177 e. The van der Waals surface area contributed by atoms with Crippen LogP contribution in [0.2, 0.25) is 0 Å². The van der Waals surface area contributed by atoms with Crippen LogP contribution >= 0.6 is 0 Å². The molecule has 0 aliphatic heterocycles. The van der Waals surface area contributed by atoms with Crippen LogP contribution in [0.3, 0.4) is 0 Å². The average molecular weight is 68.1 g/mol. The van der Waals surface area contributed by atoms with Crippen molar-refractivity contribution in [3.8, 4) is 0 Å². The Labute approximate surface area is 31.8 Å². The number of nitrogens with one attached hydrogen (secondary N) is 1. The summed E-state index contributed by atoms with van der Waals surface area (Å²) >= 11 is 0. The first-order valence-corrected chi connectivity index (χ1v) is 1.36. The van der Waals surface area contributed by atoms with E-state index in [0.29, 0.717) is 0 Å². The van der Waals surface area contributed by atoms with Crippen LogP contribution in [0.1, 0.15) is 0 Å². The van der Waals surface area contributed by atoms with Crippen molar-refractivity contribution in [1.29, 1.82) is 0 Å². The summed E-state index contributed by atoms with van der Waals surface area (Å²) in [4.78, 5) is 0. The van der Waals surface area contributed by atoms with Crippen molar-refractivity contribution in [2.75, 3.05) is 0 Å². The largest absolute Gasteiger partial charge is 0.309 e. The maximum atomic E-state index is 6.35. The topological polar surface area (TPSA) is 23.8 Å². The van der Waals surface area contributed by atoms with Crippen LogP contribution in [-0.4, -0.2) is 0 Å². The third-order valence-corrected chi connectivity index (χ3v) is 0.232. The Morgan fingerprint density at radius 3 is 2.20 bits per heavy atom. The highest BCUT2D eigenvalue weighted by molar-refractivity contribution is 4.93. The van der Waals surface area contributed by atoms with Gasteiger partial charge in [0, 0.05) is 6.20 Å². The van der Waals surface area contributed by atoms with Gasteiger partial charge >= 0.3 is 0 Å². The molecule has 0 aliphatic carbocycles. The number of hydrogen-bond donors (Lipinski definition) is 0. The monoisotopic (exact) mass is 68.1 g/mol. The normalized spacial score (nSPS) is 8.80. The summed E-state index contributed by atoms with van der Waals surface area (Å²) < 4.78 is 0. The van der Waals surface area contributed by atoms with Gasteiger partial charge in [-0.25, -0.2) is 0 Å². The van der Waals surface area contributed by atoms with Gasteiger partial charge in [-0.1, -0.05) is 12.7 Å². The van der Waals surface area contributed by atoms with E-state index in [1.54, 1.807) is 12.2 Å². The highest BCUT2D eigenvalue weighted by atomic mass is 14.5. The molecule has 0 bridgehead atoms. The molecule has 0 aromatic heterocycles. The van der Waals surface area contributed by atoms with E-state index in [-0.39, 0.29) is 0 Å². The van der Waals surface area contributed by atoms with Gasteiger partial charge in [-0.05, 0) is 6.08 Å². The molecule has 0 aromatic rings. The standard InChI is InChI=1S/C4H6N/c1-2-3-4-5/h2-5H,1H2. The Morgan fingerprint density at radius 2 is 2.20 bits per heavy atom. The minimum atomic E-state index is 1.19. The fraction of sp³-hybridized carbons (Fsp3) is 0. The molecule has 27 valence electrons. The first-order chi connectivity index (χ1) is 2.41. The third kappa shape index (κ3) is 3.28. The van der Waals surface area contributed by atoms with Crippen LogP contribution in [0.5, 0.6) is 0 Å². The van der Waals surface area contributed by atoms with Gasteiger partial charge in [-0.2, -0.15) is 0 Å². The molecule has 1 nitrogen and oxygen atoms in total. The molecule has 0 saturated heterocycles. The molecule has 1 heteroatoms. The first-order valence-electron chi connectivity index (χ1n) is 1.36. The van der Waals surface area contributed by atoms with E-state index in [9.17, 15) is 0 Å². The highest BCUT2D eigenvalue weighted by Crippen LogP contribution is 1.60. The molecule has 0 atom stereocenters. The van der Waals surface area contributed by atoms with Crippen molar-refractivity contribution in [3.63, 3.8) is 0 Å². The lowest BCUT2D eigenvalue weighted by Gasteiger charge is -1.56. The molecule has 1 N–H and O–H groups in total. The van der Waals surface area contributed by atoms with Gasteiger partial charge in [0.2, 0.25) is 0 Å². The quantitative estimate of drug-likeness (QED) is 0.409. The van der Waals surface area contributed by atoms with Crippen LogP contribution < -0.4 is 5.73 Å². The van der Waals surface area contributed by atoms with Crippen molar-refractivity contribution in [1.82, 2.24) is 5.73 Å². The second-order valence-electron chi connectivity index (χ2n) is 0.595. The highest BCUT2D eigenvalue weighted by Gasteiger charge is 1.42. The lowest BCUT2D eigenvalue weighted by Crippen LogP contribution is -1.46. The zero-order valence-electron chi connectivity index (χ0n) is 2.94. The molecular formula is C4H6N. The van der Waals surface area contributed by atoms with Crippen molar-refractivity contribution >= 4 is 0 Å². The van der Waals surface area contributed by atoms with Gasteiger partial charge < -0.3 is 5.73 Å². The second-order valence-corrected chi connectivity index (χ2v) is 0.595. The summed E-state index contributed by atoms with van der Waals surface area (Å²) in [5.74, 6) is 0. The van der Waals surface area contributed by atoms with E-state index in [2.05, 4.69) is 6.58 Å². The Kier molecular flexibility index (Phi) is 2.81. The molecule has 1 radical (unpaired) electrons. The summed E-state index contributed by atoms with van der Waals surface area (Å²) in [6, 6.07) is 0. The summed E-state index contributed by atoms with van der Waals surface area (Å²) in [7, 11) is 0. The summed E-state index contributed by atoms with van der Waals surface area (Å²) in [6.07, 6.45) is 4.31. The SMILES string of the molecule is C=CC=C[NH]. The number of allylic oxidation sites excluding steroid dienone is 2. The van der Waals surface area contributed by atoms with Gasteiger partial charge in [0.15, 0.2) is 0 Å². The molecule has 0 aromatic carbocycles. The van der Waals surface area contributed by atoms with E-state index in [1.165, 1.54) is 6.20 Å². The Hall–Kier alpha value is -0.720. The molecule has 0 heterocycles. The summed E-state index contributed by atoms with van der Waals surface area (Å²) in [5.41, 5.74) is 6.35. The molecule has 0 aliphatic rings. The summed E-state index contributed by atoms with van der Waals surface area (Å²) in [6.45, 7) is 3.34. The molecule has 5 heavy (non-hydrogen) atoms. The molecule has 0 rings (SSSR count). The van der Waals surface area contributed by atoms with E-state index in [4.69, 9.17) is 5.73 Å². The molecule has 0 amide bonds. The van der Waals surface area contributed by atoms with Crippen LogP contribution in [0.25, 0.3) is 0 Å². The minimum absolute atomic E-state index is 1.19.